The lowest BCUT2D eigenvalue weighted by Crippen LogP contribution is -2.16. The third-order valence-corrected chi connectivity index (χ3v) is 2.60. The molecule has 1 aromatic rings. The maximum absolute atomic E-state index is 12.5. The molecule has 0 aliphatic carbocycles. The van der Waals surface area contributed by atoms with Crippen molar-refractivity contribution in [3.8, 4) is 5.75 Å². The van der Waals surface area contributed by atoms with Crippen LogP contribution in [0.4, 0.5) is 13.2 Å². The molecule has 0 amide bonds. The zero-order valence-electron chi connectivity index (χ0n) is 8.84. The lowest BCUT2D eigenvalue weighted by Gasteiger charge is -2.13. The topological polar surface area (TPSA) is 63.6 Å². The molecule has 0 saturated heterocycles. The number of Topliss-reactive ketones (excluding diaryl/α,β-unsaturated/α-hetero) is 1. The Morgan fingerprint density at radius 1 is 1.33 bits per heavy atom. The number of hydrogen-bond acceptors (Lipinski definition) is 3. The van der Waals surface area contributed by atoms with Crippen molar-refractivity contribution in [2.75, 3.05) is 7.11 Å². The van der Waals surface area contributed by atoms with E-state index in [1.165, 1.54) is 0 Å². The van der Waals surface area contributed by atoms with Crippen LogP contribution in [0, 0.1) is 0 Å². The SMILES string of the molecule is COc1c(Br)cc(C(F)(F)F)cc1C(=O)C(=O)O. The van der Waals surface area contributed by atoms with E-state index in [2.05, 4.69) is 15.9 Å². The first kappa shape index (κ1) is 14.5. The van der Waals surface area contributed by atoms with E-state index in [0.29, 0.717) is 12.1 Å². The Balaban J connectivity index is 3.52. The van der Waals surface area contributed by atoms with Crippen molar-refractivity contribution in [2.45, 2.75) is 6.18 Å². The van der Waals surface area contributed by atoms with Gasteiger partial charge in [-0.25, -0.2) is 4.79 Å². The number of carbonyl (C=O) groups excluding carboxylic acids is 1. The highest BCUT2D eigenvalue weighted by atomic mass is 79.9. The molecule has 1 N–H and O–H groups in total. The highest BCUT2D eigenvalue weighted by Gasteiger charge is 2.34. The molecule has 0 bridgehead atoms. The van der Waals surface area contributed by atoms with Crippen molar-refractivity contribution in [2.24, 2.45) is 0 Å². The standard InChI is InChI=1S/C10H6BrF3O4/c1-18-8-5(7(15)9(16)17)2-4(3-6(8)11)10(12,13)14/h2-3H,1H3,(H,16,17). The van der Waals surface area contributed by atoms with Crippen LogP contribution < -0.4 is 4.74 Å². The number of methoxy groups -OCH3 is 1. The van der Waals surface area contributed by atoms with Crippen LogP contribution in [-0.4, -0.2) is 24.0 Å². The molecule has 0 fully saturated rings. The van der Waals surface area contributed by atoms with Gasteiger partial charge in [0.15, 0.2) is 0 Å². The first-order valence-corrected chi connectivity index (χ1v) is 5.20. The molecule has 1 aromatic carbocycles. The van der Waals surface area contributed by atoms with Crippen LogP contribution in [0.3, 0.4) is 0 Å². The Bertz CT molecular complexity index is 511. The van der Waals surface area contributed by atoms with Gasteiger partial charge in [0, 0.05) is 0 Å². The van der Waals surface area contributed by atoms with Gasteiger partial charge in [0.25, 0.3) is 5.78 Å². The van der Waals surface area contributed by atoms with Gasteiger partial charge >= 0.3 is 12.1 Å². The summed E-state index contributed by atoms with van der Waals surface area (Å²) in [6, 6.07) is 1.15. The van der Waals surface area contributed by atoms with E-state index < -0.39 is 29.1 Å². The van der Waals surface area contributed by atoms with E-state index in [1.807, 2.05) is 0 Å². The minimum Gasteiger partial charge on any atom is -0.495 e. The molecule has 0 radical (unpaired) electrons. The smallest absolute Gasteiger partial charge is 0.416 e. The maximum Gasteiger partial charge on any atom is 0.416 e. The zero-order valence-corrected chi connectivity index (χ0v) is 10.4. The summed E-state index contributed by atoms with van der Waals surface area (Å²) < 4.78 is 42.2. The number of hydrogen-bond donors (Lipinski definition) is 1. The Kier molecular flexibility index (Phi) is 4.00. The number of ether oxygens (including phenoxy) is 1. The molecule has 0 spiro atoms. The number of rotatable bonds is 3. The summed E-state index contributed by atoms with van der Waals surface area (Å²) in [6.07, 6.45) is -4.69. The van der Waals surface area contributed by atoms with E-state index in [0.717, 1.165) is 7.11 Å². The Morgan fingerprint density at radius 3 is 2.28 bits per heavy atom. The third-order valence-electron chi connectivity index (χ3n) is 2.01. The molecule has 0 unspecified atom stereocenters. The lowest BCUT2D eigenvalue weighted by atomic mass is 10.1. The third kappa shape index (κ3) is 2.81. The number of benzene rings is 1. The van der Waals surface area contributed by atoms with Crippen molar-refractivity contribution in [1.82, 2.24) is 0 Å². The average molecular weight is 327 g/mol. The van der Waals surface area contributed by atoms with E-state index in [1.54, 1.807) is 0 Å². The van der Waals surface area contributed by atoms with Gasteiger partial charge in [-0.05, 0) is 28.1 Å². The van der Waals surface area contributed by atoms with Gasteiger partial charge in [-0.15, -0.1) is 0 Å². The molecule has 0 aliphatic rings. The molecule has 0 aliphatic heterocycles. The van der Waals surface area contributed by atoms with E-state index in [4.69, 9.17) is 9.84 Å². The van der Waals surface area contributed by atoms with Gasteiger partial charge in [0.05, 0.1) is 22.7 Å². The van der Waals surface area contributed by atoms with Crippen LogP contribution in [-0.2, 0) is 11.0 Å². The fourth-order valence-electron chi connectivity index (χ4n) is 1.25. The molecule has 0 aromatic heterocycles. The number of alkyl halides is 3. The second kappa shape index (κ2) is 4.97. The van der Waals surface area contributed by atoms with Crippen LogP contribution in [0.5, 0.6) is 5.75 Å². The van der Waals surface area contributed by atoms with Gasteiger partial charge in [-0.1, -0.05) is 0 Å². The number of halogens is 4. The number of aliphatic carboxylic acids is 1. The molecular weight excluding hydrogens is 321 g/mol. The van der Waals surface area contributed by atoms with Crippen LogP contribution in [0.2, 0.25) is 0 Å². The van der Waals surface area contributed by atoms with Gasteiger partial charge in [-0.3, -0.25) is 4.79 Å². The minimum absolute atomic E-state index is 0.149. The van der Waals surface area contributed by atoms with Crippen molar-refractivity contribution in [1.29, 1.82) is 0 Å². The summed E-state index contributed by atoms with van der Waals surface area (Å²) in [5.41, 5.74) is -1.80. The Hall–Kier alpha value is -1.57. The molecule has 98 valence electrons. The second-order valence-electron chi connectivity index (χ2n) is 3.17. The maximum atomic E-state index is 12.5. The summed E-state index contributed by atoms with van der Waals surface area (Å²) in [4.78, 5) is 21.8. The van der Waals surface area contributed by atoms with Gasteiger partial charge < -0.3 is 9.84 Å². The van der Waals surface area contributed by atoms with Crippen LogP contribution >= 0.6 is 15.9 Å². The molecule has 0 heterocycles. The van der Waals surface area contributed by atoms with Crippen molar-refractivity contribution < 1.29 is 32.6 Å². The highest BCUT2D eigenvalue weighted by Crippen LogP contribution is 2.37. The van der Waals surface area contributed by atoms with Gasteiger partial charge in [-0.2, -0.15) is 13.2 Å². The lowest BCUT2D eigenvalue weighted by molar-refractivity contribution is -0.138. The fraction of sp³-hybridized carbons (Fsp3) is 0.200. The Labute approximate surface area is 107 Å². The summed E-state index contributed by atoms with van der Waals surface area (Å²) in [5.74, 6) is -3.59. The monoisotopic (exact) mass is 326 g/mol. The molecular formula is C10H6BrF3O4. The molecule has 8 heteroatoms. The highest BCUT2D eigenvalue weighted by molar-refractivity contribution is 9.10. The van der Waals surface area contributed by atoms with E-state index in [-0.39, 0.29) is 10.2 Å². The van der Waals surface area contributed by atoms with Crippen LogP contribution in [0.15, 0.2) is 16.6 Å². The first-order valence-electron chi connectivity index (χ1n) is 4.40. The summed E-state index contributed by atoms with van der Waals surface area (Å²) in [6.45, 7) is 0. The average Bonchev–Trinajstić information content (AvgIpc) is 2.25. The van der Waals surface area contributed by atoms with Gasteiger partial charge in [0.1, 0.15) is 5.75 Å². The fourth-order valence-corrected chi connectivity index (χ4v) is 1.87. The normalized spacial score (nSPS) is 11.2. The predicted molar refractivity (Wildman–Crippen MR) is 57.7 cm³/mol. The summed E-state index contributed by atoms with van der Waals surface area (Å²) in [7, 11) is 1.12. The molecule has 0 atom stereocenters. The van der Waals surface area contributed by atoms with E-state index in [9.17, 15) is 22.8 Å². The molecule has 0 saturated carbocycles. The number of carboxylic acid groups (broad SMARTS) is 1. The quantitative estimate of drug-likeness (QED) is 0.685. The van der Waals surface area contributed by atoms with Gasteiger partial charge in [0.2, 0.25) is 0 Å². The van der Waals surface area contributed by atoms with Crippen molar-refractivity contribution in [3.63, 3.8) is 0 Å². The summed E-state index contributed by atoms with van der Waals surface area (Å²) in [5, 5.41) is 8.54. The number of ketones is 1. The number of carbonyl (C=O) groups is 2. The minimum atomic E-state index is -4.69. The first-order chi connectivity index (χ1) is 8.18. The molecule has 4 nitrogen and oxygen atoms in total. The molecule has 1 rings (SSSR count). The number of carboxylic acids is 1. The second-order valence-corrected chi connectivity index (χ2v) is 4.03. The predicted octanol–water partition coefficient (Wildman–Crippen LogP) is 2.74. The molecule has 18 heavy (non-hydrogen) atoms. The van der Waals surface area contributed by atoms with Crippen molar-refractivity contribution in [3.05, 3.63) is 27.7 Å². The largest absolute Gasteiger partial charge is 0.495 e. The zero-order chi connectivity index (χ0) is 14.1. The summed E-state index contributed by atoms with van der Waals surface area (Å²) >= 11 is 2.80. The van der Waals surface area contributed by atoms with Crippen LogP contribution in [0.25, 0.3) is 0 Å². The van der Waals surface area contributed by atoms with E-state index >= 15 is 0 Å². The van der Waals surface area contributed by atoms with Crippen molar-refractivity contribution >= 4 is 27.7 Å². The Morgan fingerprint density at radius 2 is 1.89 bits per heavy atom. The van der Waals surface area contributed by atoms with Crippen LogP contribution in [0.1, 0.15) is 15.9 Å².